The van der Waals surface area contributed by atoms with Crippen molar-refractivity contribution in [2.75, 3.05) is 12.4 Å². The smallest absolute Gasteiger partial charge is 0.156 e. The van der Waals surface area contributed by atoms with Gasteiger partial charge in [-0.1, -0.05) is 73.3 Å². The maximum atomic E-state index is 5.21. The number of hydrogen-bond acceptors (Lipinski definition) is 4. The lowest BCUT2D eigenvalue weighted by Crippen LogP contribution is -2.04. The first kappa shape index (κ1) is 17.7. The minimum atomic E-state index is 0.663. The monoisotopic (exact) mass is 367 g/mol. The van der Waals surface area contributed by atoms with Gasteiger partial charge >= 0.3 is 0 Å². The lowest BCUT2D eigenvalue weighted by Gasteiger charge is -2.11. The molecule has 0 aliphatic rings. The van der Waals surface area contributed by atoms with Crippen LogP contribution in [-0.4, -0.2) is 17.3 Å². The molecule has 0 fully saturated rings. The van der Waals surface area contributed by atoms with Crippen molar-refractivity contribution in [1.29, 1.82) is 0 Å². The average Bonchev–Trinajstić information content (AvgIpc) is 2.78. The summed E-state index contributed by atoms with van der Waals surface area (Å²) < 4.78 is 5.21. The van der Waals surface area contributed by atoms with Gasteiger partial charge in [0.05, 0.1) is 7.11 Å². The van der Waals surface area contributed by atoms with Crippen molar-refractivity contribution in [1.82, 2.24) is 10.2 Å². The van der Waals surface area contributed by atoms with Crippen LogP contribution < -0.4 is 10.1 Å². The number of benzene rings is 3. The highest BCUT2D eigenvalue weighted by Gasteiger charge is 2.10. The molecule has 4 aromatic rings. The van der Waals surface area contributed by atoms with Gasteiger partial charge < -0.3 is 10.1 Å². The Morgan fingerprint density at radius 3 is 2.29 bits per heavy atom. The molecule has 138 valence electrons. The summed E-state index contributed by atoms with van der Waals surface area (Å²) >= 11 is 0. The highest BCUT2D eigenvalue weighted by atomic mass is 16.5. The zero-order valence-electron chi connectivity index (χ0n) is 15.7. The number of aromatic nitrogens is 2. The highest BCUT2D eigenvalue weighted by Crippen LogP contribution is 2.30. The summed E-state index contributed by atoms with van der Waals surface area (Å²) in [4.78, 5) is 0. The van der Waals surface area contributed by atoms with E-state index in [1.165, 1.54) is 0 Å². The third kappa shape index (κ3) is 3.58. The Morgan fingerprint density at radius 2 is 1.61 bits per heavy atom. The van der Waals surface area contributed by atoms with E-state index in [1.807, 2.05) is 54.6 Å². The van der Waals surface area contributed by atoms with Crippen molar-refractivity contribution in [3.63, 3.8) is 0 Å². The van der Waals surface area contributed by atoms with E-state index < -0.39 is 0 Å². The third-order valence-electron chi connectivity index (χ3n) is 4.73. The van der Waals surface area contributed by atoms with Gasteiger partial charge in [0.2, 0.25) is 0 Å². The van der Waals surface area contributed by atoms with Crippen molar-refractivity contribution in [2.45, 2.75) is 6.54 Å². The summed E-state index contributed by atoms with van der Waals surface area (Å²) in [5.74, 6) is 1.62. The molecule has 4 heteroatoms. The highest BCUT2D eigenvalue weighted by molar-refractivity contribution is 6.00. The Balaban J connectivity index is 1.65. The number of hydrogen-bond donors (Lipinski definition) is 1. The van der Waals surface area contributed by atoms with Crippen LogP contribution in [0.15, 0.2) is 79.4 Å². The predicted molar refractivity (Wildman–Crippen MR) is 115 cm³/mol. The van der Waals surface area contributed by atoms with Crippen LogP contribution >= 0.6 is 0 Å². The number of nitrogens with zero attached hydrogens (tertiary/aromatic N) is 2. The fourth-order valence-electron chi connectivity index (χ4n) is 3.15. The maximum absolute atomic E-state index is 5.21. The number of nitrogens with one attached hydrogen (secondary N) is 1. The van der Waals surface area contributed by atoms with E-state index in [0.29, 0.717) is 6.54 Å². The quantitative estimate of drug-likeness (QED) is 0.485. The Bertz CT molecular complexity index is 1100. The van der Waals surface area contributed by atoms with Crippen LogP contribution in [0.5, 0.6) is 5.75 Å². The summed E-state index contributed by atoms with van der Waals surface area (Å²) in [5.41, 5.74) is 4.15. The molecule has 0 unspecified atom stereocenters. The zero-order chi connectivity index (χ0) is 19.3. The lowest BCUT2D eigenvalue weighted by molar-refractivity contribution is 0.414. The van der Waals surface area contributed by atoms with Crippen LogP contribution in [0.3, 0.4) is 0 Å². The molecule has 0 bridgehead atoms. The minimum Gasteiger partial charge on any atom is -0.497 e. The van der Waals surface area contributed by atoms with Crippen LogP contribution in [0, 0.1) is 0 Å². The Kier molecular flexibility index (Phi) is 5.02. The van der Waals surface area contributed by atoms with Gasteiger partial charge in [-0.3, -0.25) is 0 Å². The molecule has 0 radical (unpaired) electrons. The maximum Gasteiger partial charge on any atom is 0.156 e. The van der Waals surface area contributed by atoms with Gasteiger partial charge in [0, 0.05) is 22.9 Å². The number of anilines is 1. The summed E-state index contributed by atoms with van der Waals surface area (Å²) in [6.45, 7) is 4.47. The Hall–Kier alpha value is -3.66. The second kappa shape index (κ2) is 7.92. The molecule has 0 saturated heterocycles. The number of rotatable bonds is 6. The van der Waals surface area contributed by atoms with Gasteiger partial charge in [0.25, 0.3) is 0 Å². The van der Waals surface area contributed by atoms with E-state index in [9.17, 15) is 0 Å². The van der Waals surface area contributed by atoms with Crippen molar-refractivity contribution in [3.05, 3.63) is 90.5 Å². The molecular weight excluding hydrogens is 346 g/mol. The minimum absolute atomic E-state index is 0.663. The van der Waals surface area contributed by atoms with Crippen LogP contribution in [0.1, 0.15) is 11.1 Å². The van der Waals surface area contributed by atoms with Gasteiger partial charge in [0.1, 0.15) is 11.4 Å². The molecule has 4 nitrogen and oxygen atoms in total. The van der Waals surface area contributed by atoms with Crippen molar-refractivity contribution in [3.8, 4) is 17.0 Å². The zero-order valence-corrected chi connectivity index (χ0v) is 15.7. The lowest BCUT2D eigenvalue weighted by atomic mass is 10.0. The first-order valence-electron chi connectivity index (χ1n) is 9.13. The molecule has 0 aliphatic carbocycles. The first-order chi connectivity index (χ1) is 13.8. The molecule has 0 amide bonds. The predicted octanol–water partition coefficient (Wildman–Crippen LogP) is 5.56. The van der Waals surface area contributed by atoms with E-state index in [-0.39, 0.29) is 0 Å². The van der Waals surface area contributed by atoms with Crippen molar-refractivity contribution < 1.29 is 4.74 Å². The number of ether oxygens (including phenoxy) is 1. The van der Waals surface area contributed by atoms with E-state index >= 15 is 0 Å². The van der Waals surface area contributed by atoms with Gasteiger partial charge in [-0.2, -0.15) is 0 Å². The molecular formula is C24H21N3O. The van der Waals surface area contributed by atoms with Gasteiger partial charge in [0.15, 0.2) is 5.82 Å². The van der Waals surface area contributed by atoms with Crippen LogP contribution in [-0.2, 0) is 6.54 Å². The normalized spacial score (nSPS) is 10.6. The molecule has 0 saturated carbocycles. The third-order valence-corrected chi connectivity index (χ3v) is 4.73. The van der Waals surface area contributed by atoms with E-state index in [2.05, 4.69) is 46.4 Å². The molecule has 4 rings (SSSR count). The standard InChI is InChI=1S/C24H21N3O/c1-3-17-8-12-19(13-9-17)23-21-6-4-5-7-22(21)24(27-26-23)25-16-18-10-14-20(28-2)15-11-18/h3-15H,1,16H2,2H3,(H,25,27). The molecule has 1 heterocycles. The molecule has 0 aliphatic heterocycles. The molecule has 0 spiro atoms. The summed E-state index contributed by atoms with van der Waals surface area (Å²) in [6.07, 6.45) is 1.83. The second-order valence-corrected chi connectivity index (χ2v) is 6.47. The molecule has 1 N–H and O–H groups in total. The van der Waals surface area contributed by atoms with Crippen molar-refractivity contribution in [2.24, 2.45) is 0 Å². The average molecular weight is 367 g/mol. The first-order valence-corrected chi connectivity index (χ1v) is 9.13. The molecule has 28 heavy (non-hydrogen) atoms. The topological polar surface area (TPSA) is 47.0 Å². The number of methoxy groups -OCH3 is 1. The summed E-state index contributed by atoms with van der Waals surface area (Å²) in [7, 11) is 1.67. The van der Waals surface area contributed by atoms with E-state index in [0.717, 1.165) is 44.7 Å². The van der Waals surface area contributed by atoms with Crippen molar-refractivity contribution >= 4 is 22.7 Å². The van der Waals surface area contributed by atoms with Gasteiger partial charge in [-0.05, 0) is 23.3 Å². The summed E-state index contributed by atoms with van der Waals surface area (Å²) in [6, 6.07) is 24.4. The number of fused-ring (bicyclic) bond motifs is 1. The van der Waals surface area contributed by atoms with Crippen LogP contribution in [0.4, 0.5) is 5.82 Å². The Labute approximate surface area is 164 Å². The van der Waals surface area contributed by atoms with Crippen LogP contribution in [0.2, 0.25) is 0 Å². The SMILES string of the molecule is C=Cc1ccc(-c2nnc(NCc3ccc(OC)cc3)c3ccccc23)cc1. The fourth-order valence-corrected chi connectivity index (χ4v) is 3.15. The molecule has 3 aromatic carbocycles. The molecule has 0 atom stereocenters. The van der Waals surface area contributed by atoms with Crippen LogP contribution in [0.25, 0.3) is 28.1 Å². The van der Waals surface area contributed by atoms with E-state index in [1.54, 1.807) is 7.11 Å². The van der Waals surface area contributed by atoms with E-state index in [4.69, 9.17) is 4.74 Å². The largest absolute Gasteiger partial charge is 0.497 e. The molecule has 1 aromatic heterocycles. The fraction of sp³-hybridized carbons (Fsp3) is 0.0833. The van der Waals surface area contributed by atoms with Gasteiger partial charge in [-0.25, -0.2) is 0 Å². The summed E-state index contributed by atoms with van der Waals surface area (Å²) in [5, 5.41) is 14.5. The van der Waals surface area contributed by atoms with Gasteiger partial charge in [-0.15, -0.1) is 10.2 Å². The second-order valence-electron chi connectivity index (χ2n) is 6.47. The Morgan fingerprint density at radius 1 is 0.893 bits per heavy atom.